The summed E-state index contributed by atoms with van der Waals surface area (Å²) in [5.74, 6) is -0.185. The van der Waals surface area contributed by atoms with E-state index in [4.69, 9.17) is 5.73 Å². The van der Waals surface area contributed by atoms with Crippen LogP contribution in [-0.2, 0) is 12.7 Å². The number of benzene rings is 1. The number of halogens is 3. The van der Waals surface area contributed by atoms with Crippen molar-refractivity contribution in [2.45, 2.75) is 19.6 Å². The molecule has 6 nitrogen and oxygen atoms in total. The minimum atomic E-state index is -4.45. The molecule has 0 atom stereocenters. The van der Waals surface area contributed by atoms with Crippen LogP contribution >= 0.6 is 0 Å². The monoisotopic (exact) mass is 300 g/mol. The maximum atomic E-state index is 12.6. The van der Waals surface area contributed by atoms with E-state index in [2.05, 4.69) is 5.10 Å². The lowest BCUT2D eigenvalue weighted by Gasteiger charge is -2.09. The van der Waals surface area contributed by atoms with E-state index in [9.17, 15) is 23.3 Å². The highest BCUT2D eigenvalue weighted by molar-refractivity contribution is 5.56. The summed E-state index contributed by atoms with van der Waals surface area (Å²) >= 11 is 0. The van der Waals surface area contributed by atoms with Crippen molar-refractivity contribution < 1.29 is 18.1 Å². The molecule has 0 saturated carbocycles. The Kier molecular flexibility index (Phi) is 3.58. The highest BCUT2D eigenvalue weighted by Crippen LogP contribution is 2.30. The largest absolute Gasteiger partial charge is 0.416 e. The van der Waals surface area contributed by atoms with Gasteiger partial charge in [0.1, 0.15) is 5.69 Å². The van der Waals surface area contributed by atoms with E-state index in [1.807, 2.05) is 0 Å². The number of nitrogens with zero attached hydrogens (tertiary/aromatic N) is 3. The second-order valence-electron chi connectivity index (χ2n) is 4.43. The van der Waals surface area contributed by atoms with Gasteiger partial charge in [0.15, 0.2) is 0 Å². The van der Waals surface area contributed by atoms with Gasteiger partial charge in [-0.3, -0.25) is 10.1 Å². The van der Waals surface area contributed by atoms with Gasteiger partial charge in [-0.1, -0.05) is 12.1 Å². The number of rotatable bonds is 3. The first-order valence-corrected chi connectivity index (χ1v) is 5.83. The van der Waals surface area contributed by atoms with Gasteiger partial charge in [0, 0.05) is 0 Å². The summed E-state index contributed by atoms with van der Waals surface area (Å²) in [6.45, 7) is 1.33. The molecule has 1 aromatic carbocycles. The van der Waals surface area contributed by atoms with Gasteiger partial charge in [-0.25, -0.2) is 4.68 Å². The van der Waals surface area contributed by atoms with E-state index < -0.39 is 16.7 Å². The maximum absolute atomic E-state index is 12.6. The molecule has 0 aliphatic carbocycles. The number of aromatic nitrogens is 2. The molecule has 0 fully saturated rings. The second kappa shape index (κ2) is 5.08. The molecule has 0 saturated heterocycles. The van der Waals surface area contributed by atoms with Crippen LogP contribution in [0.3, 0.4) is 0 Å². The average molecular weight is 300 g/mol. The van der Waals surface area contributed by atoms with E-state index in [1.165, 1.54) is 19.1 Å². The Morgan fingerprint density at radius 3 is 2.62 bits per heavy atom. The molecule has 1 aromatic heterocycles. The van der Waals surface area contributed by atoms with Crippen molar-refractivity contribution in [1.29, 1.82) is 0 Å². The van der Waals surface area contributed by atoms with E-state index >= 15 is 0 Å². The van der Waals surface area contributed by atoms with E-state index in [1.54, 1.807) is 0 Å². The van der Waals surface area contributed by atoms with Crippen LogP contribution in [0.4, 0.5) is 24.7 Å². The third kappa shape index (κ3) is 2.96. The molecule has 9 heteroatoms. The molecule has 2 aromatic rings. The topological polar surface area (TPSA) is 87.0 Å². The number of alkyl halides is 3. The number of hydrogen-bond donors (Lipinski definition) is 1. The van der Waals surface area contributed by atoms with Crippen molar-refractivity contribution in [1.82, 2.24) is 9.78 Å². The smallest absolute Gasteiger partial charge is 0.378 e. The fourth-order valence-electron chi connectivity index (χ4n) is 1.95. The summed E-state index contributed by atoms with van der Waals surface area (Å²) < 4.78 is 39.0. The number of nitrogen functional groups attached to an aromatic ring is 1. The molecular weight excluding hydrogens is 289 g/mol. The fourth-order valence-corrected chi connectivity index (χ4v) is 1.95. The molecule has 0 amide bonds. The molecule has 0 radical (unpaired) electrons. The van der Waals surface area contributed by atoms with Crippen molar-refractivity contribution in [3.63, 3.8) is 0 Å². The minimum Gasteiger partial charge on any atom is -0.378 e. The first-order valence-electron chi connectivity index (χ1n) is 5.83. The van der Waals surface area contributed by atoms with Crippen LogP contribution < -0.4 is 5.73 Å². The van der Waals surface area contributed by atoms with Crippen LogP contribution in [0.2, 0.25) is 0 Å². The van der Waals surface area contributed by atoms with Crippen LogP contribution in [0.25, 0.3) is 0 Å². The molecule has 112 valence electrons. The number of anilines is 1. The predicted octanol–water partition coefficient (Wildman–Crippen LogP) is 2.75. The Labute approximate surface area is 117 Å². The van der Waals surface area contributed by atoms with Gasteiger partial charge in [-0.05, 0) is 24.6 Å². The standard InChI is InChI=1S/C12H11F3N4O2/c1-7-10(19(20)21)11(16)18(17-7)6-8-3-2-4-9(5-8)12(13,14)15/h2-5H,6,16H2,1H3. The Morgan fingerprint density at radius 2 is 2.10 bits per heavy atom. The van der Waals surface area contributed by atoms with Crippen molar-refractivity contribution in [2.24, 2.45) is 0 Å². The first-order chi connectivity index (χ1) is 9.70. The van der Waals surface area contributed by atoms with Crippen LogP contribution in [0, 0.1) is 17.0 Å². The zero-order chi connectivity index (χ0) is 15.8. The van der Waals surface area contributed by atoms with Gasteiger partial charge >= 0.3 is 11.9 Å². The number of nitrogens with two attached hydrogens (primary N) is 1. The lowest BCUT2D eigenvalue weighted by Crippen LogP contribution is -2.09. The average Bonchev–Trinajstić information content (AvgIpc) is 2.63. The third-order valence-corrected chi connectivity index (χ3v) is 2.90. The van der Waals surface area contributed by atoms with Crippen molar-refractivity contribution >= 4 is 11.5 Å². The van der Waals surface area contributed by atoms with Crippen LogP contribution in [0.5, 0.6) is 0 Å². The minimum absolute atomic E-state index is 0.0789. The zero-order valence-corrected chi connectivity index (χ0v) is 10.9. The van der Waals surface area contributed by atoms with Crippen molar-refractivity contribution in [3.8, 4) is 0 Å². The maximum Gasteiger partial charge on any atom is 0.416 e. The van der Waals surface area contributed by atoms with Gasteiger partial charge in [-0.2, -0.15) is 18.3 Å². The lowest BCUT2D eigenvalue weighted by atomic mass is 10.1. The van der Waals surface area contributed by atoms with Crippen molar-refractivity contribution in [3.05, 3.63) is 51.2 Å². The summed E-state index contributed by atoms with van der Waals surface area (Å²) in [6, 6.07) is 4.64. The molecule has 0 aliphatic rings. The molecule has 2 N–H and O–H groups in total. The molecule has 21 heavy (non-hydrogen) atoms. The molecule has 1 heterocycles. The summed E-state index contributed by atoms with van der Waals surface area (Å²) in [7, 11) is 0. The highest BCUT2D eigenvalue weighted by Gasteiger charge is 2.30. The van der Waals surface area contributed by atoms with Gasteiger partial charge < -0.3 is 5.73 Å². The summed E-state index contributed by atoms with van der Waals surface area (Å²) in [5, 5.41) is 14.7. The second-order valence-corrected chi connectivity index (χ2v) is 4.43. The Hall–Kier alpha value is -2.58. The van der Waals surface area contributed by atoms with Crippen molar-refractivity contribution in [2.75, 3.05) is 5.73 Å². The number of hydrogen-bond acceptors (Lipinski definition) is 4. The summed E-state index contributed by atoms with van der Waals surface area (Å²) in [5.41, 5.74) is 4.90. The predicted molar refractivity (Wildman–Crippen MR) is 68.6 cm³/mol. The molecule has 0 unspecified atom stereocenters. The first kappa shape index (κ1) is 14.8. The molecule has 0 bridgehead atoms. The molecule has 2 rings (SSSR count). The third-order valence-electron chi connectivity index (χ3n) is 2.90. The lowest BCUT2D eigenvalue weighted by molar-refractivity contribution is -0.384. The van der Waals surface area contributed by atoms with E-state index in [-0.39, 0.29) is 23.7 Å². The van der Waals surface area contributed by atoms with Crippen LogP contribution in [0.15, 0.2) is 24.3 Å². The Balaban J connectivity index is 2.35. The Bertz CT molecular complexity index is 694. The number of nitro groups is 1. The zero-order valence-electron chi connectivity index (χ0n) is 10.9. The Morgan fingerprint density at radius 1 is 1.43 bits per heavy atom. The van der Waals surface area contributed by atoms with E-state index in [0.29, 0.717) is 5.56 Å². The van der Waals surface area contributed by atoms with Gasteiger partial charge in [0.05, 0.1) is 17.0 Å². The molecular formula is C12H11F3N4O2. The normalized spacial score (nSPS) is 11.6. The summed E-state index contributed by atoms with van der Waals surface area (Å²) in [4.78, 5) is 10.2. The summed E-state index contributed by atoms with van der Waals surface area (Å²) in [6.07, 6.45) is -4.45. The quantitative estimate of drug-likeness (QED) is 0.697. The van der Waals surface area contributed by atoms with Crippen LogP contribution in [0.1, 0.15) is 16.8 Å². The number of aryl methyl sites for hydroxylation is 1. The highest BCUT2D eigenvalue weighted by atomic mass is 19.4. The van der Waals surface area contributed by atoms with E-state index in [0.717, 1.165) is 16.8 Å². The van der Waals surface area contributed by atoms with Crippen LogP contribution in [-0.4, -0.2) is 14.7 Å². The van der Waals surface area contributed by atoms with Gasteiger partial charge in [0.2, 0.25) is 5.82 Å². The van der Waals surface area contributed by atoms with Gasteiger partial charge in [-0.15, -0.1) is 0 Å². The fraction of sp³-hybridized carbons (Fsp3) is 0.250. The SMILES string of the molecule is Cc1nn(Cc2cccc(C(F)(F)F)c2)c(N)c1[N+](=O)[O-]. The molecule has 0 spiro atoms. The molecule has 0 aliphatic heterocycles. The van der Waals surface area contributed by atoms with Gasteiger partial charge in [0.25, 0.3) is 0 Å².